The Bertz CT molecular complexity index is 1500. The molecule has 3 aromatic rings. The topological polar surface area (TPSA) is 86.8 Å². The summed E-state index contributed by atoms with van der Waals surface area (Å²) in [7, 11) is -3.71. The molecule has 0 aromatic heterocycles. The Morgan fingerprint density at radius 3 is 2.18 bits per heavy atom. The van der Waals surface area contributed by atoms with Gasteiger partial charge in [0.2, 0.25) is 21.8 Å². The molecule has 0 radical (unpaired) electrons. The van der Waals surface area contributed by atoms with Crippen LogP contribution in [0.3, 0.4) is 0 Å². The zero-order valence-electron chi connectivity index (χ0n) is 24.7. The number of sulfonamides is 1. The highest BCUT2D eigenvalue weighted by atomic mass is 35.5. The van der Waals surface area contributed by atoms with E-state index in [0.29, 0.717) is 21.3 Å². The molecule has 2 amide bonds. The number of anilines is 1. The Labute approximate surface area is 269 Å². The van der Waals surface area contributed by atoms with E-state index in [-0.39, 0.29) is 50.2 Å². The van der Waals surface area contributed by atoms with Crippen LogP contribution in [0.25, 0.3) is 0 Å². The van der Waals surface area contributed by atoms with Crippen molar-refractivity contribution >= 4 is 50.7 Å². The number of carbonyl (C=O) groups excluding carboxylic acids is 2. The summed E-state index contributed by atoms with van der Waals surface area (Å²) in [6.07, 6.45) is 6.45. The van der Waals surface area contributed by atoms with Crippen LogP contribution in [0.15, 0.2) is 72.8 Å². The average Bonchev–Trinajstić information content (AvgIpc) is 2.99. The minimum atomic E-state index is -3.71. The van der Waals surface area contributed by atoms with Gasteiger partial charge in [-0.3, -0.25) is 13.9 Å². The molecule has 0 unspecified atom stereocenters. The van der Waals surface area contributed by atoms with Crippen molar-refractivity contribution in [3.8, 4) is 0 Å². The lowest BCUT2D eigenvalue weighted by Crippen LogP contribution is -2.53. The zero-order valence-corrected chi connectivity index (χ0v) is 27.1. The molecule has 11 heteroatoms. The summed E-state index contributed by atoms with van der Waals surface area (Å²) >= 11 is 13.1. The standard InChI is InChI=1S/C33H38Cl2FN3O4S/c1-44(42,43)39(27-19-17-25(36)18-20-27)21-9-16-32(40)38(23-28-29(34)14-8-15-30(28)35)31(22-24-10-4-2-5-11-24)33(41)37-26-12-6-3-7-13-26/h2,4-5,8,10-11,14-15,17-20,26,31H,3,6-7,9,12-13,16,21-23H2,1H3,(H,37,41)/t31-/m1/s1. The first-order chi connectivity index (χ1) is 21.0. The minimum Gasteiger partial charge on any atom is -0.352 e. The van der Waals surface area contributed by atoms with Crippen molar-refractivity contribution in [3.05, 3.63) is 99.8 Å². The summed E-state index contributed by atoms with van der Waals surface area (Å²) in [5.74, 6) is -1.07. The van der Waals surface area contributed by atoms with Crippen LogP contribution in [0.5, 0.6) is 0 Å². The number of nitrogens with zero attached hydrogens (tertiary/aromatic N) is 2. The fourth-order valence-corrected chi connectivity index (χ4v) is 7.05. The van der Waals surface area contributed by atoms with Crippen LogP contribution in [0.1, 0.15) is 56.1 Å². The summed E-state index contributed by atoms with van der Waals surface area (Å²) in [5.41, 5.74) is 1.71. The van der Waals surface area contributed by atoms with Gasteiger partial charge in [0.25, 0.3) is 0 Å². The molecular weight excluding hydrogens is 624 g/mol. The highest BCUT2D eigenvalue weighted by molar-refractivity contribution is 7.92. The molecule has 4 rings (SSSR count). The van der Waals surface area contributed by atoms with Gasteiger partial charge in [0.05, 0.1) is 11.9 Å². The SMILES string of the molecule is CS(=O)(=O)N(CCCC(=O)N(Cc1c(Cl)cccc1Cl)[C@H](Cc1ccccc1)C(=O)NC1CCCCC1)c1ccc(F)cc1. The van der Waals surface area contributed by atoms with Crippen LogP contribution in [0.4, 0.5) is 10.1 Å². The van der Waals surface area contributed by atoms with Crippen molar-refractivity contribution < 1.29 is 22.4 Å². The lowest BCUT2D eigenvalue weighted by atomic mass is 9.94. The molecule has 1 aliphatic carbocycles. The molecule has 1 atom stereocenters. The lowest BCUT2D eigenvalue weighted by Gasteiger charge is -2.34. The average molecular weight is 663 g/mol. The largest absolute Gasteiger partial charge is 0.352 e. The first kappa shape index (κ1) is 33.7. The highest BCUT2D eigenvalue weighted by Gasteiger charge is 2.33. The van der Waals surface area contributed by atoms with E-state index in [9.17, 15) is 22.4 Å². The van der Waals surface area contributed by atoms with E-state index in [0.717, 1.165) is 48.2 Å². The number of rotatable bonds is 13. The Balaban J connectivity index is 1.62. The number of halogens is 3. The lowest BCUT2D eigenvalue weighted by molar-refractivity contribution is -0.141. The molecular formula is C33H38Cl2FN3O4S. The Kier molecular flexibility index (Phi) is 12.1. The molecule has 0 aliphatic heterocycles. The molecule has 44 heavy (non-hydrogen) atoms. The molecule has 1 fully saturated rings. The monoisotopic (exact) mass is 661 g/mol. The number of amides is 2. The highest BCUT2D eigenvalue weighted by Crippen LogP contribution is 2.28. The fourth-order valence-electron chi connectivity index (χ4n) is 5.56. The molecule has 7 nitrogen and oxygen atoms in total. The molecule has 0 bridgehead atoms. The van der Waals surface area contributed by atoms with Crippen molar-refractivity contribution in [1.82, 2.24) is 10.2 Å². The van der Waals surface area contributed by atoms with E-state index in [4.69, 9.17) is 23.2 Å². The first-order valence-corrected chi connectivity index (χ1v) is 17.4. The second-order valence-corrected chi connectivity index (χ2v) is 13.9. The van der Waals surface area contributed by atoms with Gasteiger partial charge < -0.3 is 10.2 Å². The van der Waals surface area contributed by atoms with E-state index < -0.39 is 21.9 Å². The normalized spacial score (nSPS) is 14.5. The third-order valence-electron chi connectivity index (χ3n) is 7.88. The molecule has 0 heterocycles. The number of hydrogen-bond donors (Lipinski definition) is 1. The van der Waals surface area contributed by atoms with Gasteiger partial charge in [0.15, 0.2) is 0 Å². The summed E-state index contributed by atoms with van der Waals surface area (Å²) in [5, 5.41) is 3.94. The van der Waals surface area contributed by atoms with E-state index in [1.807, 2.05) is 30.3 Å². The van der Waals surface area contributed by atoms with Crippen LogP contribution in [0, 0.1) is 5.82 Å². The van der Waals surface area contributed by atoms with Crippen LogP contribution in [-0.4, -0.2) is 50.0 Å². The first-order valence-electron chi connectivity index (χ1n) is 14.8. The molecule has 236 valence electrons. The second-order valence-electron chi connectivity index (χ2n) is 11.2. The Morgan fingerprint density at radius 1 is 0.932 bits per heavy atom. The van der Waals surface area contributed by atoms with Gasteiger partial charge in [-0.25, -0.2) is 12.8 Å². The number of nitrogens with one attached hydrogen (secondary N) is 1. The van der Waals surface area contributed by atoms with Crippen LogP contribution in [-0.2, 0) is 32.6 Å². The van der Waals surface area contributed by atoms with Crippen molar-refractivity contribution in [2.45, 2.75) is 70.0 Å². The summed E-state index contributed by atoms with van der Waals surface area (Å²) in [6.45, 7) is -0.00476. The molecule has 0 saturated heterocycles. The van der Waals surface area contributed by atoms with Crippen molar-refractivity contribution in [3.63, 3.8) is 0 Å². The maximum Gasteiger partial charge on any atom is 0.243 e. The van der Waals surface area contributed by atoms with E-state index >= 15 is 0 Å². The van der Waals surface area contributed by atoms with Crippen molar-refractivity contribution in [1.29, 1.82) is 0 Å². The molecule has 1 saturated carbocycles. The van der Waals surface area contributed by atoms with E-state index in [2.05, 4.69) is 5.32 Å². The fraction of sp³-hybridized carbons (Fsp3) is 0.394. The summed E-state index contributed by atoms with van der Waals surface area (Å²) in [4.78, 5) is 29.5. The van der Waals surface area contributed by atoms with Gasteiger partial charge in [-0.15, -0.1) is 0 Å². The van der Waals surface area contributed by atoms with Gasteiger partial charge in [0, 0.05) is 47.6 Å². The maximum atomic E-state index is 14.1. The van der Waals surface area contributed by atoms with E-state index in [1.54, 1.807) is 18.2 Å². The third kappa shape index (κ3) is 9.43. The predicted molar refractivity (Wildman–Crippen MR) is 174 cm³/mol. The van der Waals surface area contributed by atoms with Gasteiger partial charge in [-0.05, 0) is 61.2 Å². The molecule has 3 aromatic carbocycles. The van der Waals surface area contributed by atoms with Gasteiger partial charge >= 0.3 is 0 Å². The van der Waals surface area contributed by atoms with Crippen LogP contribution >= 0.6 is 23.2 Å². The van der Waals surface area contributed by atoms with Crippen LogP contribution in [0.2, 0.25) is 10.0 Å². The zero-order chi connectivity index (χ0) is 31.7. The molecule has 1 aliphatic rings. The minimum absolute atomic E-state index is 0.000674. The number of carbonyl (C=O) groups is 2. The maximum absolute atomic E-state index is 14.1. The third-order valence-corrected chi connectivity index (χ3v) is 9.78. The van der Waals surface area contributed by atoms with Gasteiger partial charge in [-0.1, -0.05) is 78.9 Å². The van der Waals surface area contributed by atoms with Crippen molar-refractivity contribution in [2.75, 3.05) is 17.1 Å². The van der Waals surface area contributed by atoms with Gasteiger partial charge in [-0.2, -0.15) is 0 Å². The van der Waals surface area contributed by atoms with Crippen molar-refractivity contribution in [2.24, 2.45) is 0 Å². The number of hydrogen-bond acceptors (Lipinski definition) is 4. The Morgan fingerprint density at radius 2 is 1.57 bits per heavy atom. The summed E-state index contributed by atoms with van der Waals surface area (Å²) < 4.78 is 39.8. The van der Waals surface area contributed by atoms with E-state index in [1.165, 1.54) is 29.2 Å². The molecule has 0 spiro atoms. The van der Waals surface area contributed by atoms with Gasteiger partial charge in [0.1, 0.15) is 11.9 Å². The predicted octanol–water partition coefficient (Wildman–Crippen LogP) is 6.77. The quantitative estimate of drug-likeness (QED) is 0.219. The molecule has 1 N–H and O–H groups in total. The number of benzene rings is 3. The Hall–Kier alpha value is -3.14. The van der Waals surface area contributed by atoms with Crippen LogP contribution < -0.4 is 9.62 Å². The second kappa shape index (κ2) is 15.7. The summed E-state index contributed by atoms with van der Waals surface area (Å²) in [6, 6.07) is 18.9. The smallest absolute Gasteiger partial charge is 0.243 e.